The molecular weight excluding hydrogens is 222 g/mol. The third-order valence-corrected chi connectivity index (χ3v) is 3.22. The third kappa shape index (κ3) is 2.97. The van der Waals surface area contributed by atoms with E-state index in [0.717, 1.165) is 30.2 Å². The van der Waals surface area contributed by atoms with Crippen LogP contribution in [0.15, 0.2) is 24.3 Å². The highest BCUT2D eigenvalue weighted by Gasteiger charge is 2.27. The van der Waals surface area contributed by atoms with Crippen LogP contribution in [0.2, 0.25) is 5.02 Å². The highest BCUT2D eigenvalue weighted by molar-refractivity contribution is 6.31. The molecule has 0 radical (unpaired) electrons. The van der Waals surface area contributed by atoms with Gasteiger partial charge in [0.1, 0.15) is 6.23 Å². The van der Waals surface area contributed by atoms with Crippen molar-refractivity contribution < 1.29 is 4.74 Å². The molecule has 2 nitrogen and oxygen atoms in total. The molecule has 2 rings (SSSR count). The van der Waals surface area contributed by atoms with Gasteiger partial charge in [0.15, 0.2) is 0 Å². The quantitative estimate of drug-likeness (QED) is 0.857. The van der Waals surface area contributed by atoms with Gasteiger partial charge in [-0.05, 0) is 11.6 Å². The van der Waals surface area contributed by atoms with E-state index in [2.05, 4.69) is 19.2 Å². The third-order valence-electron chi connectivity index (χ3n) is 2.85. The van der Waals surface area contributed by atoms with Crippen LogP contribution < -0.4 is 5.32 Å². The van der Waals surface area contributed by atoms with Gasteiger partial charge in [0, 0.05) is 23.4 Å². The predicted molar refractivity (Wildman–Crippen MR) is 66.7 cm³/mol. The minimum atomic E-state index is 0.0907. The van der Waals surface area contributed by atoms with Crippen LogP contribution in [0, 0.1) is 5.41 Å². The van der Waals surface area contributed by atoms with Gasteiger partial charge in [-0.3, -0.25) is 5.32 Å². The van der Waals surface area contributed by atoms with Crippen LogP contribution in [0.25, 0.3) is 0 Å². The van der Waals surface area contributed by atoms with Crippen molar-refractivity contribution in [2.24, 2.45) is 5.41 Å². The molecule has 88 valence electrons. The van der Waals surface area contributed by atoms with Gasteiger partial charge in [0.05, 0.1) is 6.61 Å². The van der Waals surface area contributed by atoms with Crippen LogP contribution in [-0.2, 0) is 11.2 Å². The fourth-order valence-electron chi connectivity index (χ4n) is 1.82. The Hall–Kier alpha value is -0.570. The number of halogens is 1. The van der Waals surface area contributed by atoms with Gasteiger partial charge in [0.2, 0.25) is 0 Å². The average Bonchev–Trinajstić information content (AvgIpc) is 2.24. The Labute approximate surface area is 102 Å². The summed E-state index contributed by atoms with van der Waals surface area (Å²) in [6.45, 7) is 6.19. The Kier molecular flexibility index (Phi) is 3.53. The molecule has 0 bridgehead atoms. The lowest BCUT2D eigenvalue weighted by Gasteiger charge is -2.35. The first kappa shape index (κ1) is 11.9. The molecule has 1 aromatic rings. The van der Waals surface area contributed by atoms with Crippen LogP contribution >= 0.6 is 11.6 Å². The zero-order valence-corrected chi connectivity index (χ0v) is 10.6. The molecule has 0 amide bonds. The molecular formula is C13H18ClNO. The topological polar surface area (TPSA) is 21.3 Å². The van der Waals surface area contributed by atoms with E-state index in [1.54, 1.807) is 0 Å². The van der Waals surface area contributed by atoms with E-state index in [4.69, 9.17) is 16.3 Å². The van der Waals surface area contributed by atoms with Crippen molar-refractivity contribution in [1.29, 1.82) is 0 Å². The number of hydrogen-bond donors (Lipinski definition) is 1. The molecule has 0 saturated carbocycles. The van der Waals surface area contributed by atoms with Crippen LogP contribution in [0.1, 0.15) is 19.4 Å². The van der Waals surface area contributed by atoms with Crippen molar-refractivity contribution in [3.63, 3.8) is 0 Å². The zero-order chi connectivity index (χ0) is 11.6. The van der Waals surface area contributed by atoms with E-state index in [1.807, 2.05) is 24.3 Å². The van der Waals surface area contributed by atoms with Gasteiger partial charge in [-0.1, -0.05) is 43.6 Å². The number of hydrogen-bond acceptors (Lipinski definition) is 2. The first-order valence-electron chi connectivity index (χ1n) is 5.65. The second-order valence-electron chi connectivity index (χ2n) is 5.14. The van der Waals surface area contributed by atoms with E-state index >= 15 is 0 Å². The lowest BCUT2D eigenvalue weighted by Crippen LogP contribution is -2.48. The molecule has 0 spiro atoms. The first-order valence-corrected chi connectivity index (χ1v) is 6.03. The maximum absolute atomic E-state index is 6.12. The van der Waals surface area contributed by atoms with Gasteiger partial charge in [-0.2, -0.15) is 0 Å². The van der Waals surface area contributed by atoms with Gasteiger partial charge < -0.3 is 4.74 Å². The first-order chi connectivity index (χ1) is 7.57. The van der Waals surface area contributed by atoms with E-state index in [9.17, 15) is 0 Å². The molecule has 1 aliphatic heterocycles. The molecule has 1 saturated heterocycles. The summed E-state index contributed by atoms with van der Waals surface area (Å²) < 4.78 is 5.78. The highest BCUT2D eigenvalue weighted by atomic mass is 35.5. The van der Waals surface area contributed by atoms with Gasteiger partial charge in [-0.25, -0.2) is 0 Å². The van der Waals surface area contributed by atoms with Crippen molar-refractivity contribution in [1.82, 2.24) is 5.32 Å². The molecule has 0 aromatic heterocycles. The van der Waals surface area contributed by atoms with E-state index < -0.39 is 0 Å². The predicted octanol–water partition coefficient (Wildman–Crippen LogP) is 2.85. The number of ether oxygens (including phenoxy) is 1. The Morgan fingerprint density at radius 3 is 2.81 bits per heavy atom. The van der Waals surface area contributed by atoms with Crippen molar-refractivity contribution in [2.75, 3.05) is 13.2 Å². The molecule has 16 heavy (non-hydrogen) atoms. The summed E-state index contributed by atoms with van der Waals surface area (Å²) in [5.41, 5.74) is 1.37. The summed E-state index contributed by atoms with van der Waals surface area (Å²) in [5.74, 6) is 0. The summed E-state index contributed by atoms with van der Waals surface area (Å²) in [4.78, 5) is 0. The van der Waals surface area contributed by atoms with Crippen molar-refractivity contribution in [2.45, 2.75) is 26.5 Å². The average molecular weight is 240 g/mol. The zero-order valence-electron chi connectivity index (χ0n) is 9.79. The Morgan fingerprint density at radius 2 is 2.19 bits per heavy atom. The van der Waals surface area contributed by atoms with Crippen molar-refractivity contribution in [3.8, 4) is 0 Å². The molecule has 1 aliphatic rings. The Morgan fingerprint density at radius 1 is 1.44 bits per heavy atom. The smallest absolute Gasteiger partial charge is 0.112 e. The van der Waals surface area contributed by atoms with E-state index in [1.165, 1.54) is 0 Å². The van der Waals surface area contributed by atoms with Crippen LogP contribution in [0.4, 0.5) is 0 Å². The minimum Gasteiger partial charge on any atom is -0.362 e. The summed E-state index contributed by atoms with van der Waals surface area (Å²) >= 11 is 6.12. The summed E-state index contributed by atoms with van der Waals surface area (Å²) in [5, 5.41) is 4.22. The molecule has 3 heteroatoms. The second kappa shape index (κ2) is 4.74. The molecule has 1 unspecified atom stereocenters. The second-order valence-corrected chi connectivity index (χ2v) is 5.55. The van der Waals surface area contributed by atoms with Gasteiger partial charge in [0.25, 0.3) is 0 Å². The Bertz CT molecular complexity index is 355. The summed E-state index contributed by atoms with van der Waals surface area (Å²) in [6.07, 6.45) is 0.920. The summed E-state index contributed by atoms with van der Waals surface area (Å²) in [6, 6.07) is 7.93. The largest absolute Gasteiger partial charge is 0.362 e. The molecule has 1 N–H and O–H groups in total. The maximum Gasteiger partial charge on any atom is 0.112 e. The van der Waals surface area contributed by atoms with Crippen molar-refractivity contribution in [3.05, 3.63) is 34.9 Å². The van der Waals surface area contributed by atoms with Gasteiger partial charge >= 0.3 is 0 Å². The van der Waals surface area contributed by atoms with Gasteiger partial charge in [-0.15, -0.1) is 0 Å². The lowest BCUT2D eigenvalue weighted by molar-refractivity contribution is -0.0566. The molecule has 0 aliphatic carbocycles. The van der Waals surface area contributed by atoms with E-state index in [0.29, 0.717) is 0 Å². The number of rotatable bonds is 2. The fraction of sp³-hybridized carbons (Fsp3) is 0.538. The maximum atomic E-state index is 6.12. The molecule has 1 fully saturated rings. The molecule has 1 heterocycles. The fourth-order valence-corrected chi connectivity index (χ4v) is 2.03. The lowest BCUT2D eigenvalue weighted by atomic mass is 9.93. The SMILES string of the molecule is CC1(C)CNC(Cc2ccccc2Cl)OC1. The minimum absolute atomic E-state index is 0.0907. The molecule has 1 atom stereocenters. The van der Waals surface area contributed by atoms with Crippen molar-refractivity contribution >= 4 is 11.6 Å². The number of nitrogens with one attached hydrogen (secondary N) is 1. The number of benzene rings is 1. The molecule has 1 aromatic carbocycles. The van der Waals surface area contributed by atoms with E-state index in [-0.39, 0.29) is 11.6 Å². The highest BCUT2D eigenvalue weighted by Crippen LogP contribution is 2.22. The van der Waals surface area contributed by atoms with Crippen LogP contribution in [-0.4, -0.2) is 19.4 Å². The standard InChI is InChI=1S/C13H18ClNO/c1-13(2)8-15-12(16-9-13)7-10-5-3-4-6-11(10)14/h3-6,12,15H,7-9H2,1-2H3. The Balaban J connectivity index is 1.95. The summed E-state index contributed by atoms with van der Waals surface area (Å²) in [7, 11) is 0. The van der Waals surface area contributed by atoms with Crippen LogP contribution in [0.5, 0.6) is 0 Å². The normalized spacial score (nSPS) is 24.3. The monoisotopic (exact) mass is 239 g/mol. The van der Waals surface area contributed by atoms with Crippen LogP contribution in [0.3, 0.4) is 0 Å².